The molecule has 0 fully saturated rings. The standard InChI is InChI=1S/C22H23N3O2/c1-15-9-10-20-21(13-15)27-12-11-24(20)22(26)14-19-16(2)23-25(17(19)3)18-7-5-4-6-8-18/h4-10,13H,11-12,14H2,1-3H3. The lowest BCUT2D eigenvalue weighted by Crippen LogP contribution is -2.39. The first-order valence-electron chi connectivity index (χ1n) is 9.19. The fourth-order valence-electron chi connectivity index (χ4n) is 3.58. The molecule has 0 spiro atoms. The lowest BCUT2D eigenvalue weighted by molar-refractivity contribution is -0.118. The molecule has 4 rings (SSSR count). The number of rotatable bonds is 3. The zero-order chi connectivity index (χ0) is 19.0. The number of para-hydroxylation sites is 1. The Kier molecular flexibility index (Phi) is 4.44. The van der Waals surface area contributed by atoms with E-state index in [0.717, 1.165) is 39.6 Å². The lowest BCUT2D eigenvalue weighted by atomic mass is 10.1. The molecule has 2 aromatic carbocycles. The van der Waals surface area contributed by atoms with Gasteiger partial charge in [-0.25, -0.2) is 4.68 Å². The molecule has 5 nitrogen and oxygen atoms in total. The van der Waals surface area contributed by atoms with Crippen molar-refractivity contribution in [2.24, 2.45) is 0 Å². The third kappa shape index (κ3) is 3.21. The Labute approximate surface area is 159 Å². The molecule has 27 heavy (non-hydrogen) atoms. The third-order valence-corrected chi connectivity index (χ3v) is 5.05. The van der Waals surface area contributed by atoms with Gasteiger partial charge in [0.2, 0.25) is 5.91 Å². The molecule has 1 aliphatic rings. The third-order valence-electron chi connectivity index (χ3n) is 5.05. The molecule has 1 amide bonds. The van der Waals surface area contributed by atoms with Crippen LogP contribution in [0.4, 0.5) is 5.69 Å². The highest BCUT2D eigenvalue weighted by Crippen LogP contribution is 2.33. The molecule has 0 aliphatic carbocycles. The number of carbonyl (C=O) groups excluding carboxylic acids is 1. The summed E-state index contributed by atoms with van der Waals surface area (Å²) < 4.78 is 7.65. The number of amides is 1. The van der Waals surface area contributed by atoms with Crippen molar-refractivity contribution in [3.63, 3.8) is 0 Å². The van der Waals surface area contributed by atoms with Crippen LogP contribution < -0.4 is 9.64 Å². The smallest absolute Gasteiger partial charge is 0.231 e. The Balaban J connectivity index is 1.62. The molecule has 3 aromatic rings. The predicted molar refractivity (Wildman–Crippen MR) is 106 cm³/mol. The number of benzene rings is 2. The monoisotopic (exact) mass is 361 g/mol. The van der Waals surface area contributed by atoms with Crippen molar-refractivity contribution in [2.75, 3.05) is 18.1 Å². The van der Waals surface area contributed by atoms with Gasteiger partial charge in [0.1, 0.15) is 12.4 Å². The van der Waals surface area contributed by atoms with E-state index in [1.807, 2.05) is 78.9 Å². The molecular weight excluding hydrogens is 338 g/mol. The maximum Gasteiger partial charge on any atom is 0.231 e. The molecule has 1 aliphatic heterocycles. The number of nitrogens with zero attached hydrogens (tertiary/aromatic N) is 3. The van der Waals surface area contributed by atoms with Crippen molar-refractivity contribution in [1.82, 2.24) is 9.78 Å². The van der Waals surface area contributed by atoms with Gasteiger partial charge in [0.15, 0.2) is 0 Å². The first-order chi connectivity index (χ1) is 13.0. The highest BCUT2D eigenvalue weighted by atomic mass is 16.5. The van der Waals surface area contributed by atoms with Gasteiger partial charge in [0.25, 0.3) is 0 Å². The summed E-state index contributed by atoms with van der Waals surface area (Å²) in [6.07, 6.45) is 0.331. The number of hydrogen-bond donors (Lipinski definition) is 0. The molecule has 2 heterocycles. The summed E-state index contributed by atoms with van der Waals surface area (Å²) in [5.74, 6) is 0.852. The minimum atomic E-state index is 0.0715. The minimum absolute atomic E-state index is 0.0715. The summed E-state index contributed by atoms with van der Waals surface area (Å²) in [7, 11) is 0. The van der Waals surface area contributed by atoms with Crippen LogP contribution in [-0.4, -0.2) is 28.8 Å². The quantitative estimate of drug-likeness (QED) is 0.713. The van der Waals surface area contributed by atoms with Gasteiger partial charge in [-0.15, -0.1) is 0 Å². The molecule has 1 aromatic heterocycles. The normalized spacial score (nSPS) is 13.2. The van der Waals surface area contributed by atoms with E-state index in [1.54, 1.807) is 0 Å². The SMILES string of the molecule is Cc1ccc2c(c1)OCCN2C(=O)Cc1c(C)nn(-c2ccccc2)c1C. The van der Waals surface area contributed by atoms with E-state index in [0.29, 0.717) is 19.6 Å². The average Bonchev–Trinajstić information content (AvgIpc) is 2.96. The van der Waals surface area contributed by atoms with Crippen molar-refractivity contribution in [1.29, 1.82) is 0 Å². The Morgan fingerprint density at radius 1 is 1.11 bits per heavy atom. The van der Waals surface area contributed by atoms with Gasteiger partial charge in [-0.2, -0.15) is 5.10 Å². The summed E-state index contributed by atoms with van der Waals surface area (Å²) in [4.78, 5) is 14.9. The van der Waals surface area contributed by atoms with Crippen LogP contribution in [0.5, 0.6) is 5.75 Å². The van der Waals surface area contributed by atoms with Crippen LogP contribution in [0.25, 0.3) is 5.69 Å². The van der Waals surface area contributed by atoms with Crippen LogP contribution in [0.15, 0.2) is 48.5 Å². The number of hydrogen-bond acceptors (Lipinski definition) is 3. The fourth-order valence-corrected chi connectivity index (χ4v) is 3.58. The van der Waals surface area contributed by atoms with Crippen LogP contribution in [0.2, 0.25) is 0 Å². The molecule has 0 radical (unpaired) electrons. The van der Waals surface area contributed by atoms with E-state index in [9.17, 15) is 4.79 Å². The Morgan fingerprint density at radius 2 is 1.89 bits per heavy atom. The Bertz CT molecular complexity index is 992. The van der Waals surface area contributed by atoms with Gasteiger partial charge >= 0.3 is 0 Å². The summed E-state index contributed by atoms with van der Waals surface area (Å²) >= 11 is 0. The minimum Gasteiger partial charge on any atom is -0.490 e. The zero-order valence-corrected chi connectivity index (χ0v) is 15.9. The number of fused-ring (bicyclic) bond motifs is 1. The predicted octanol–water partition coefficient (Wildman–Crippen LogP) is 3.77. The summed E-state index contributed by atoms with van der Waals surface area (Å²) in [6, 6.07) is 16.0. The van der Waals surface area contributed by atoms with E-state index in [1.165, 1.54) is 0 Å². The number of ether oxygens (including phenoxy) is 1. The fraction of sp³-hybridized carbons (Fsp3) is 0.273. The molecule has 0 unspecified atom stereocenters. The van der Waals surface area contributed by atoms with E-state index >= 15 is 0 Å². The number of aromatic nitrogens is 2. The van der Waals surface area contributed by atoms with E-state index in [-0.39, 0.29) is 5.91 Å². The topological polar surface area (TPSA) is 47.4 Å². The van der Waals surface area contributed by atoms with Crippen LogP contribution in [0.1, 0.15) is 22.5 Å². The first-order valence-corrected chi connectivity index (χ1v) is 9.19. The largest absolute Gasteiger partial charge is 0.490 e. The molecular formula is C22H23N3O2. The second kappa shape index (κ2) is 6.91. The van der Waals surface area contributed by atoms with Gasteiger partial charge < -0.3 is 9.64 Å². The average molecular weight is 361 g/mol. The Morgan fingerprint density at radius 3 is 2.67 bits per heavy atom. The highest BCUT2D eigenvalue weighted by Gasteiger charge is 2.25. The zero-order valence-electron chi connectivity index (χ0n) is 15.9. The molecule has 0 N–H and O–H groups in total. The molecule has 0 saturated carbocycles. The van der Waals surface area contributed by atoms with E-state index in [2.05, 4.69) is 5.10 Å². The van der Waals surface area contributed by atoms with Gasteiger partial charge in [-0.3, -0.25) is 4.79 Å². The summed E-state index contributed by atoms with van der Waals surface area (Å²) in [5.41, 5.74) is 5.86. The first kappa shape index (κ1) is 17.3. The number of anilines is 1. The van der Waals surface area contributed by atoms with Crippen molar-refractivity contribution in [2.45, 2.75) is 27.2 Å². The van der Waals surface area contributed by atoms with Gasteiger partial charge in [0.05, 0.1) is 30.0 Å². The maximum atomic E-state index is 13.1. The van der Waals surface area contributed by atoms with Crippen LogP contribution >= 0.6 is 0 Å². The lowest BCUT2D eigenvalue weighted by Gasteiger charge is -2.30. The molecule has 5 heteroatoms. The van der Waals surface area contributed by atoms with Gasteiger partial charge in [-0.1, -0.05) is 24.3 Å². The van der Waals surface area contributed by atoms with Crippen molar-refractivity contribution >= 4 is 11.6 Å². The second-order valence-electron chi connectivity index (χ2n) is 6.94. The van der Waals surface area contributed by atoms with Crippen molar-refractivity contribution in [3.8, 4) is 11.4 Å². The second-order valence-corrected chi connectivity index (χ2v) is 6.94. The molecule has 0 bridgehead atoms. The molecule has 0 saturated heterocycles. The Hall–Kier alpha value is -3.08. The summed E-state index contributed by atoms with van der Waals surface area (Å²) in [6.45, 7) is 7.09. The maximum absolute atomic E-state index is 13.1. The molecule has 0 atom stereocenters. The van der Waals surface area contributed by atoms with Gasteiger partial charge in [0, 0.05) is 11.3 Å². The molecule has 138 valence electrons. The van der Waals surface area contributed by atoms with Crippen molar-refractivity contribution in [3.05, 3.63) is 71.0 Å². The highest BCUT2D eigenvalue weighted by molar-refractivity contribution is 5.96. The van der Waals surface area contributed by atoms with Crippen LogP contribution in [0.3, 0.4) is 0 Å². The van der Waals surface area contributed by atoms with E-state index < -0.39 is 0 Å². The van der Waals surface area contributed by atoms with Crippen LogP contribution in [-0.2, 0) is 11.2 Å². The van der Waals surface area contributed by atoms with Crippen LogP contribution in [0, 0.1) is 20.8 Å². The van der Waals surface area contributed by atoms with Crippen molar-refractivity contribution < 1.29 is 9.53 Å². The number of aryl methyl sites for hydroxylation is 2. The van der Waals surface area contributed by atoms with Gasteiger partial charge in [-0.05, 0) is 50.6 Å². The number of carbonyl (C=O) groups is 1. The summed E-state index contributed by atoms with van der Waals surface area (Å²) in [5, 5.41) is 4.66. The van der Waals surface area contributed by atoms with E-state index in [4.69, 9.17) is 4.74 Å².